The van der Waals surface area contributed by atoms with Crippen molar-refractivity contribution in [2.45, 2.75) is 6.92 Å². The Morgan fingerprint density at radius 1 is 1.32 bits per heavy atom. The number of hydrogen-bond donors (Lipinski definition) is 1. The minimum Gasteiger partial charge on any atom is -0.497 e. The predicted molar refractivity (Wildman–Crippen MR) is 87.3 cm³/mol. The summed E-state index contributed by atoms with van der Waals surface area (Å²) in [7, 11) is 1.63. The highest BCUT2D eigenvalue weighted by Gasteiger charge is 2.09. The third kappa shape index (κ3) is 2.57. The molecule has 0 aliphatic rings. The summed E-state index contributed by atoms with van der Waals surface area (Å²) >= 11 is 0. The molecule has 0 fully saturated rings. The lowest BCUT2D eigenvalue weighted by molar-refractivity contribution is 0.415. The van der Waals surface area contributed by atoms with Gasteiger partial charge in [0.15, 0.2) is 0 Å². The second-order valence-corrected chi connectivity index (χ2v) is 5.02. The molecule has 0 saturated heterocycles. The molecule has 4 nitrogen and oxygen atoms in total. The van der Waals surface area contributed by atoms with Gasteiger partial charge in [0.25, 0.3) is 0 Å². The van der Waals surface area contributed by atoms with E-state index in [0.29, 0.717) is 5.57 Å². The predicted octanol–water partition coefficient (Wildman–Crippen LogP) is 3.94. The highest BCUT2D eigenvalue weighted by atomic mass is 16.5. The number of nitriles is 1. The van der Waals surface area contributed by atoms with Crippen LogP contribution in [0.1, 0.15) is 16.8 Å². The van der Waals surface area contributed by atoms with Crippen molar-refractivity contribution in [3.8, 4) is 11.8 Å². The molecular weight excluding hydrogens is 274 g/mol. The van der Waals surface area contributed by atoms with Crippen molar-refractivity contribution in [3.05, 3.63) is 59.5 Å². The summed E-state index contributed by atoms with van der Waals surface area (Å²) in [4.78, 5) is 7.44. The van der Waals surface area contributed by atoms with E-state index in [2.05, 4.69) is 16.0 Å². The van der Waals surface area contributed by atoms with Crippen LogP contribution in [0.2, 0.25) is 0 Å². The fraction of sp³-hybridized carbons (Fsp3) is 0.111. The number of rotatable bonds is 3. The van der Waals surface area contributed by atoms with Gasteiger partial charge >= 0.3 is 0 Å². The van der Waals surface area contributed by atoms with Crippen LogP contribution in [0.5, 0.6) is 5.75 Å². The molecule has 0 atom stereocenters. The van der Waals surface area contributed by atoms with Crippen molar-refractivity contribution in [2.75, 3.05) is 7.11 Å². The number of nitrogens with zero attached hydrogens (tertiary/aromatic N) is 2. The van der Waals surface area contributed by atoms with Crippen LogP contribution in [-0.2, 0) is 0 Å². The number of allylic oxidation sites excluding steroid dienone is 1. The SMILES string of the molecule is COc1ccc2[nH]cc(C(C#N)=Cc3ccc(C)nc3)c2c1. The van der Waals surface area contributed by atoms with Crippen LogP contribution < -0.4 is 4.74 Å². The Morgan fingerprint density at radius 3 is 2.86 bits per heavy atom. The van der Waals surface area contributed by atoms with Crippen molar-refractivity contribution in [2.24, 2.45) is 0 Å². The maximum absolute atomic E-state index is 9.52. The van der Waals surface area contributed by atoms with E-state index in [1.807, 2.05) is 49.5 Å². The summed E-state index contributed by atoms with van der Waals surface area (Å²) in [5.41, 5.74) is 4.27. The van der Waals surface area contributed by atoms with E-state index < -0.39 is 0 Å². The van der Waals surface area contributed by atoms with E-state index in [-0.39, 0.29) is 0 Å². The van der Waals surface area contributed by atoms with E-state index >= 15 is 0 Å². The second kappa shape index (κ2) is 5.74. The number of fused-ring (bicyclic) bond motifs is 1. The minimum atomic E-state index is 0.588. The van der Waals surface area contributed by atoms with Gasteiger partial charge in [-0.1, -0.05) is 6.07 Å². The highest BCUT2D eigenvalue weighted by Crippen LogP contribution is 2.29. The molecule has 0 aliphatic carbocycles. The molecule has 0 radical (unpaired) electrons. The molecule has 0 bridgehead atoms. The maximum atomic E-state index is 9.52. The average Bonchev–Trinajstić information content (AvgIpc) is 2.97. The molecule has 22 heavy (non-hydrogen) atoms. The Labute approximate surface area is 128 Å². The van der Waals surface area contributed by atoms with Crippen molar-refractivity contribution in [3.63, 3.8) is 0 Å². The normalized spacial score (nSPS) is 11.4. The van der Waals surface area contributed by atoms with E-state index in [9.17, 15) is 5.26 Å². The molecule has 108 valence electrons. The number of H-pyrrole nitrogens is 1. The Kier molecular flexibility index (Phi) is 3.63. The fourth-order valence-electron chi connectivity index (χ4n) is 2.35. The Bertz CT molecular complexity index is 883. The summed E-state index contributed by atoms with van der Waals surface area (Å²) in [6.45, 7) is 1.94. The molecular formula is C18H15N3O. The molecule has 0 amide bonds. The number of aryl methyl sites for hydroxylation is 1. The summed E-state index contributed by atoms with van der Waals surface area (Å²) in [6.07, 6.45) is 5.46. The molecule has 0 saturated carbocycles. The van der Waals surface area contributed by atoms with Gasteiger partial charge in [-0.05, 0) is 42.8 Å². The molecule has 3 aromatic rings. The molecule has 0 aliphatic heterocycles. The number of benzene rings is 1. The zero-order chi connectivity index (χ0) is 15.5. The van der Waals surface area contributed by atoms with Crippen LogP contribution in [-0.4, -0.2) is 17.1 Å². The summed E-state index contributed by atoms with van der Waals surface area (Å²) < 4.78 is 5.27. The van der Waals surface area contributed by atoms with Crippen molar-refractivity contribution in [1.29, 1.82) is 5.26 Å². The first-order valence-electron chi connectivity index (χ1n) is 6.91. The van der Waals surface area contributed by atoms with Crippen LogP contribution in [0.3, 0.4) is 0 Å². The zero-order valence-electron chi connectivity index (χ0n) is 12.4. The number of pyridine rings is 1. The molecule has 3 rings (SSSR count). The summed E-state index contributed by atoms with van der Waals surface area (Å²) in [5.74, 6) is 0.766. The smallest absolute Gasteiger partial charge is 0.119 e. The van der Waals surface area contributed by atoms with Gasteiger partial charge < -0.3 is 9.72 Å². The fourth-order valence-corrected chi connectivity index (χ4v) is 2.35. The first-order chi connectivity index (χ1) is 10.7. The van der Waals surface area contributed by atoms with E-state index in [1.165, 1.54) is 0 Å². The van der Waals surface area contributed by atoms with Crippen LogP contribution in [0.25, 0.3) is 22.6 Å². The van der Waals surface area contributed by atoms with Crippen LogP contribution >= 0.6 is 0 Å². The van der Waals surface area contributed by atoms with Gasteiger partial charge in [-0.2, -0.15) is 5.26 Å². The quantitative estimate of drug-likeness (QED) is 0.743. The van der Waals surface area contributed by atoms with E-state index in [0.717, 1.165) is 33.5 Å². The lowest BCUT2D eigenvalue weighted by atomic mass is 10.0. The van der Waals surface area contributed by atoms with Gasteiger partial charge in [0.2, 0.25) is 0 Å². The lowest BCUT2D eigenvalue weighted by Crippen LogP contribution is -1.85. The Hall–Kier alpha value is -3.06. The first kappa shape index (κ1) is 13.9. The standard InChI is InChI=1S/C18H15N3O/c1-12-3-4-13(10-20-12)7-14(9-19)17-11-21-18-6-5-15(22-2)8-16(17)18/h3-8,10-11,21H,1-2H3. The van der Waals surface area contributed by atoms with Crippen molar-refractivity contribution < 1.29 is 4.74 Å². The molecule has 1 N–H and O–H groups in total. The van der Waals surface area contributed by atoms with E-state index in [1.54, 1.807) is 13.3 Å². The molecule has 0 spiro atoms. The largest absolute Gasteiger partial charge is 0.497 e. The van der Waals surface area contributed by atoms with E-state index in [4.69, 9.17) is 4.74 Å². The number of aromatic amines is 1. The Morgan fingerprint density at radius 2 is 2.18 bits per heavy atom. The van der Waals surface area contributed by atoms with Crippen LogP contribution in [0, 0.1) is 18.3 Å². The third-order valence-corrected chi connectivity index (χ3v) is 3.54. The van der Waals surface area contributed by atoms with Gasteiger partial charge in [0.1, 0.15) is 5.75 Å². The van der Waals surface area contributed by atoms with Crippen molar-refractivity contribution in [1.82, 2.24) is 9.97 Å². The zero-order valence-corrected chi connectivity index (χ0v) is 12.4. The highest BCUT2D eigenvalue weighted by molar-refractivity contribution is 6.01. The van der Waals surface area contributed by atoms with Crippen LogP contribution in [0.15, 0.2) is 42.7 Å². The number of hydrogen-bond acceptors (Lipinski definition) is 3. The maximum Gasteiger partial charge on any atom is 0.119 e. The minimum absolute atomic E-state index is 0.588. The third-order valence-electron chi connectivity index (χ3n) is 3.54. The van der Waals surface area contributed by atoms with Gasteiger partial charge in [-0.3, -0.25) is 4.98 Å². The first-order valence-corrected chi connectivity index (χ1v) is 6.91. The van der Waals surface area contributed by atoms with Gasteiger partial charge in [0, 0.05) is 34.6 Å². The number of aromatic nitrogens is 2. The summed E-state index contributed by atoms with van der Waals surface area (Å²) in [5, 5.41) is 10.5. The summed E-state index contributed by atoms with van der Waals surface area (Å²) in [6, 6.07) is 11.9. The van der Waals surface area contributed by atoms with Crippen LogP contribution in [0.4, 0.5) is 0 Å². The molecule has 2 aromatic heterocycles. The van der Waals surface area contributed by atoms with Gasteiger partial charge in [0.05, 0.1) is 18.8 Å². The topological polar surface area (TPSA) is 61.7 Å². The monoisotopic (exact) mass is 289 g/mol. The van der Waals surface area contributed by atoms with Crippen molar-refractivity contribution >= 4 is 22.6 Å². The lowest BCUT2D eigenvalue weighted by Gasteiger charge is -2.02. The second-order valence-electron chi connectivity index (χ2n) is 5.02. The van der Waals surface area contributed by atoms with Gasteiger partial charge in [-0.15, -0.1) is 0 Å². The number of methoxy groups -OCH3 is 1. The number of nitrogens with one attached hydrogen (secondary N) is 1. The van der Waals surface area contributed by atoms with Gasteiger partial charge in [-0.25, -0.2) is 0 Å². The molecule has 4 heteroatoms. The molecule has 1 aromatic carbocycles. The Balaban J connectivity index is 2.11. The molecule has 2 heterocycles. The average molecular weight is 289 g/mol. The molecule has 0 unspecified atom stereocenters. The number of ether oxygens (including phenoxy) is 1.